The van der Waals surface area contributed by atoms with Crippen LogP contribution < -0.4 is 9.47 Å². The van der Waals surface area contributed by atoms with Crippen LogP contribution in [0.1, 0.15) is 23.0 Å². The summed E-state index contributed by atoms with van der Waals surface area (Å²) in [6.07, 6.45) is 0. The maximum atomic E-state index is 12.4. The van der Waals surface area contributed by atoms with Gasteiger partial charge in [0.15, 0.2) is 18.1 Å². The number of Topliss-reactive ketones (excluding diaryl/α,β-unsaturated/α-hetero) is 1. The Morgan fingerprint density at radius 3 is 2.46 bits per heavy atom. The van der Waals surface area contributed by atoms with Crippen molar-refractivity contribution in [3.8, 4) is 11.5 Å². The van der Waals surface area contributed by atoms with E-state index in [1.165, 1.54) is 0 Å². The van der Waals surface area contributed by atoms with E-state index in [1.54, 1.807) is 30.3 Å². The van der Waals surface area contributed by atoms with Gasteiger partial charge in [-0.15, -0.1) is 0 Å². The first-order valence-corrected chi connectivity index (χ1v) is 8.89. The highest BCUT2D eigenvalue weighted by Crippen LogP contribution is 2.37. The molecule has 0 radical (unpaired) electrons. The molecule has 0 amide bonds. The second-order valence-electron chi connectivity index (χ2n) is 5.69. The fourth-order valence-electron chi connectivity index (χ4n) is 2.55. The topological polar surface area (TPSA) is 48.4 Å². The van der Waals surface area contributed by atoms with Crippen LogP contribution in [-0.4, -0.2) is 24.0 Å². The number of ether oxygens (including phenoxy) is 2. The smallest absolute Gasteiger partial charge is 0.200 e. The maximum Gasteiger partial charge on any atom is 0.200 e. The van der Waals surface area contributed by atoms with Crippen molar-refractivity contribution in [3.63, 3.8) is 0 Å². The summed E-state index contributed by atoms with van der Waals surface area (Å²) < 4.78 is 11.1. The van der Waals surface area contributed by atoms with Crippen molar-refractivity contribution in [1.82, 2.24) is 4.98 Å². The molecule has 26 heavy (non-hydrogen) atoms. The second kappa shape index (κ2) is 7.94. The number of aryl methyl sites for hydroxylation is 1. The van der Waals surface area contributed by atoms with Gasteiger partial charge in [0, 0.05) is 16.6 Å². The van der Waals surface area contributed by atoms with E-state index in [2.05, 4.69) is 4.98 Å². The van der Waals surface area contributed by atoms with Crippen molar-refractivity contribution in [2.45, 2.75) is 13.8 Å². The lowest BCUT2D eigenvalue weighted by Crippen LogP contribution is -2.12. The Kier molecular flexibility index (Phi) is 5.64. The monoisotopic (exact) mass is 389 g/mol. The van der Waals surface area contributed by atoms with Crippen LogP contribution >= 0.6 is 23.2 Å². The number of carbonyl (C=O) groups is 1. The number of pyridine rings is 1. The van der Waals surface area contributed by atoms with Crippen molar-refractivity contribution in [2.75, 3.05) is 13.2 Å². The molecule has 0 saturated carbocycles. The zero-order valence-electron chi connectivity index (χ0n) is 14.4. The van der Waals surface area contributed by atoms with Crippen LogP contribution in [0.5, 0.6) is 11.5 Å². The Bertz CT molecular complexity index is 955. The fourth-order valence-corrected chi connectivity index (χ4v) is 3.12. The molecule has 0 aliphatic rings. The van der Waals surface area contributed by atoms with E-state index >= 15 is 0 Å². The minimum absolute atomic E-state index is 0.153. The number of fused-ring (bicyclic) bond motifs is 1. The van der Waals surface area contributed by atoms with Gasteiger partial charge in [0.25, 0.3) is 0 Å². The van der Waals surface area contributed by atoms with Crippen molar-refractivity contribution in [3.05, 3.63) is 63.8 Å². The van der Waals surface area contributed by atoms with Gasteiger partial charge in [0.2, 0.25) is 0 Å². The zero-order chi connectivity index (χ0) is 18.7. The number of nitrogens with zero attached hydrogens (tertiary/aromatic N) is 1. The SMILES string of the molecule is CCOc1ccc(C(=O)COc2c(Cl)cc(Cl)c3ccc(C)nc23)cc1. The summed E-state index contributed by atoms with van der Waals surface area (Å²) in [4.78, 5) is 16.9. The van der Waals surface area contributed by atoms with E-state index in [0.717, 1.165) is 16.8 Å². The lowest BCUT2D eigenvalue weighted by Gasteiger charge is -2.12. The minimum atomic E-state index is -0.167. The summed E-state index contributed by atoms with van der Waals surface area (Å²) in [6.45, 7) is 4.19. The van der Waals surface area contributed by atoms with Gasteiger partial charge in [-0.05, 0) is 56.3 Å². The molecular formula is C20H17Cl2NO3. The Morgan fingerprint density at radius 2 is 1.77 bits per heavy atom. The molecule has 134 valence electrons. The quantitative estimate of drug-likeness (QED) is 0.521. The number of aromatic nitrogens is 1. The molecule has 0 bridgehead atoms. The average molecular weight is 390 g/mol. The maximum absolute atomic E-state index is 12.4. The molecule has 2 aromatic carbocycles. The molecule has 3 rings (SSSR count). The highest BCUT2D eigenvalue weighted by atomic mass is 35.5. The summed E-state index contributed by atoms with van der Waals surface area (Å²) in [5.74, 6) is 0.908. The standard InChI is InChI=1S/C20H17Cl2NO3/c1-3-25-14-7-5-13(6-8-14)18(24)11-26-20-17(22)10-16(21)15-9-4-12(2)23-19(15)20/h4-10H,3,11H2,1-2H3. The van der Waals surface area contributed by atoms with Crippen LogP contribution in [0.4, 0.5) is 0 Å². The predicted octanol–water partition coefficient (Wildman–Crippen LogP) is 5.51. The van der Waals surface area contributed by atoms with E-state index in [9.17, 15) is 4.79 Å². The van der Waals surface area contributed by atoms with Crippen LogP contribution in [0.3, 0.4) is 0 Å². The van der Waals surface area contributed by atoms with Crippen molar-refractivity contribution >= 4 is 39.9 Å². The molecule has 0 N–H and O–H groups in total. The number of rotatable bonds is 6. The Hall–Kier alpha value is -2.30. The molecule has 0 atom stereocenters. The normalized spacial score (nSPS) is 10.8. The van der Waals surface area contributed by atoms with E-state index in [4.69, 9.17) is 32.7 Å². The summed E-state index contributed by atoms with van der Waals surface area (Å²) >= 11 is 12.5. The number of halogens is 2. The van der Waals surface area contributed by atoms with Gasteiger partial charge in [-0.3, -0.25) is 4.79 Å². The van der Waals surface area contributed by atoms with Crippen LogP contribution in [0, 0.1) is 6.92 Å². The fraction of sp³-hybridized carbons (Fsp3) is 0.200. The molecule has 1 aromatic heterocycles. The van der Waals surface area contributed by atoms with E-state index in [0.29, 0.717) is 33.5 Å². The van der Waals surface area contributed by atoms with Crippen LogP contribution in [0.2, 0.25) is 10.0 Å². The lowest BCUT2D eigenvalue weighted by molar-refractivity contribution is 0.0922. The van der Waals surface area contributed by atoms with Gasteiger partial charge < -0.3 is 9.47 Å². The summed E-state index contributed by atoms with van der Waals surface area (Å²) in [6, 6.07) is 12.2. The van der Waals surface area contributed by atoms with Gasteiger partial charge in [0.05, 0.1) is 16.7 Å². The van der Waals surface area contributed by atoms with Crippen LogP contribution in [0.25, 0.3) is 10.9 Å². The third kappa shape index (κ3) is 3.92. The molecule has 6 heteroatoms. The Morgan fingerprint density at radius 1 is 1.04 bits per heavy atom. The minimum Gasteiger partial charge on any atom is -0.494 e. The second-order valence-corrected chi connectivity index (χ2v) is 6.50. The lowest BCUT2D eigenvalue weighted by atomic mass is 10.1. The van der Waals surface area contributed by atoms with Gasteiger partial charge >= 0.3 is 0 Å². The molecule has 3 aromatic rings. The number of benzene rings is 2. The van der Waals surface area contributed by atoms with Crippen LogP contribution in [0.15, 0.2) is 42.5 Å². The van der Waals surface area contributed by atoms with Gasteiger partial charge in [-0.25, -0.2) is 4.98 Å². The summed E-state index contributed by atoms with van der Waals surface area (Å²) in [5, 5.41) is 1.54. The van der Waals surface area contributed by atoms with Gasteiger partial charge in [0.1, 0.15) is 11.3 Å². The Balaban J connectivity index is 1.83. The van der Waals surface area contributed by atoms with E-state index in [-0.39, 0.29) is 12.4 Å². The molecule has 0 spiro atoms. The van der Waals surface area contributed by atoms with Gasteiger partial charge in [-0.2, -0.15) is 0 Å². The molecule has 0 saturated heterocycles. The number of hydrogen-bond donors (Lipinski definition) is 0. The molecular weight excluding hydrogens is 373 g/mol. The highest BCUT2D eigenvalue weighted by molar-refractivity contribution is 6.39. The van der Waals surface area contributed by atoms with Gasteiger partial charge in [-0.1, -0.05) is 23.2 Å². The number of ketones is 1. The summed E-state index contributed by atoms with van der Waals surface area (Å²) in [5.41, 5.74) is 1.88. The van der Waals surface area contributed by atoms with E-state index < -0.39 is 0 Å². The molecule has 1 heterocycles. The highest BCUT2D eigenvalue weighted by Gasteiger charge is 2.15. The third-order valence-corrected chi connectivity index (χ3v) is 4.41. The first-order valence-electron chi connectivity index (χ1n) is 8.13. The average Bonchev–Trinajstić information content (AvgIpc) is 2.62. The number of hydrogen-bond acceptors (Lipinski definition) is 4. The number of carbonyl (C=O) groups excluding carboxylic acids is 1. The van der Waals surface area contributed by atoms with Crippen LogP contribution in [-0.2, 0) is 0 Å². The first kappa shape index (κ1) is 18.5. The first-order chi connectivity index (χ1) is 12.5. The molecule has 0 unspecified atom stereocenters. The molecule has 0 aliphatic heterocycles. The Labute approximate surface area is 161 Å². The third-order valence-electron chi connectivity index (χ3n) is 3.81. The molecule has 0 fully saturated rings. The van der Waals surface area contributed by atoms with Crippen molar-refractivity contribution in [1.29, 1.82) is 0 Å². The van der Waals surface area contributed by atoms with Crippen molar-refractivity contribution in [2.24, 2.45) is 0 Å². The summed E-state index contributed by atoms with van der Waals surface area (Å²) in [7, 11) is 0. The largest absolute Gasteiger partial charge is 0.494 e. The zero-order valence-corrected chi connectivity index (χ0v) is 15.9. The predicted molar refractivity (Wildman–Crippen MR) is 104 cm³/mol. The molecule has 4 nitrogen and oxygen atoms in total. The van der Waals surface area contributed by atoms with E-state index in [1.807, 2.05) is 26.0 Å². The van der Waals surface area contributed by atoms with Crippen molar-refractivity contribution < 1.29 is 14.3 Å². The molecule has 0 aliphatic carbocycles.